The van der Waals surface area contributed by atoms with E-state index in [1.54, 1.807) is 20.8 Å². The zero-order valence-corrected chi connectivity index (χ0v) is 23.0. The molecule has 0 aliphatic rings. The van der Waals surface area contributed by atoms with Crippen molar-refractivity contribution in [2.75, 3.05) is 20.2 Å². The summed E-state index contributed by atoms with van der Waals surface area (Å²) in [5.41, 5.74) is 0.967. The minimum Gasteiger partial charge on any atom is -0.468 e. The molecule has 0 heterocycles. The summed E-state index contributed by atoms with van der Waals surface area (Å²) in [5.74, 6) is -1.71. The molecule has 3 unspecified atom stereocenters. The van der Waals surface area contributed by atoms with Gasteiger partial charge in [-0.05, 0) is 50.7 Å². The summed E-state index contributed by atoms with van der Waals surface area (Å²) in [7, 11) is 1.24. The van der Waals surface area contributed by atoms with Crippen LogP contribution in [0.15, 0.2) is 24.3 Å². The second-order valence-corrected chi connectivity index (χ2v) is 9.83. The summed E-state index contributed by atoms with van der Waals surface area (Å²) in [6.45, 7) is 12.9. The van der Waals surface area contributed by atoms with E-state index in [0.29, 0.717) is 18.4 Å². The Morgan fingerprint density at radius 1 is 1.03 bits per heavy atom. The summed E-state index contributed by atoms with van der Waals surface area (Å²) in [6, 6.07) is 5.56. The van der Waals surface area contributed by atoms with Crippen molar-refractivity contribution < 1.29 is 28.7 Å². The van der Waals surface area contributed by atoms with Crippen molar-refractivity contribution in [3.05, 3.63) is 35.4 Å². The molecule has 1 aromatic carbocycles. The number of carbonyl (C=O) groups excluding carboxylic acids is 4. The zero-order chi connectivity index (χ0) is 27.5. The number of ether oxygens (including phenoxy) is 2. The van der Waals surface area contributed by atoms with Gasteiger partial charge in [-0.2, -0.15) is 0 Å². The number of nitrogens with one attached hydrogen (secondary N) is 2. The second kappa shape index (κ2) is 14.5. The van der Waals surface area contributed by atoms with E-state index in [0.717, 1.165) is 12.0 Å². The van der Waals surface area contributed by atoms with Crippen molar-refractivity contribution in [2.45, 2.75) is 85.4 Å². The van der Waals surface area contributed by atoms with Gasteiger partial charge < -0.3 is 25.0 Å². The predicted molar refractivity (Wildman–Crippen MR) is 138 cm³/mol. The predicted octanol–water partition coefficient (Wildman–Crippen LogP) is 3.76. The number of nitrogens with zero attached hydrogens (tertiary/aromatic N) is 1. The first-order valence-electron chi connectivity index (χ1n) is 12.6. The van der Waals surface area contributed by atoms with Crippen molar-refractivity contribution in [2.24, 2.45) is 5.92 Å². The molecule has 0 fully saturated rings. The molecule has 3 amide bonds. The van der Waals surface area contributed by atoms with Gasteiger partial charge in [0.2, 0.25) is 11.8 Å². The number of hydrogen-bond donors (Lipinski definition) is 2. The third kappa shape index (κ3) is 9.51. The van der Waals surface area contributed by atoms with Gasteiger partial charge in [0.25, 0.3) is 0 Å². The maximum absolute atomic E-state index is 14.0. The van der Waals surface area contributed by atoms with E-state index in [1.807, 2.05) is 52.0 Å². The Morgan fingerprint density at radius 3 is 2.11 bits per heavy atom. The Hall–Kier alpha value is -3.10. The van der Waals surface area contributed by atoms with Crippen LogP contribution >= 0.6 is 0 Å². The topological polar surface area (TPSA) is 114 Å². The van der Waals surface area contributed by atoms with Gasteiger partial charge in [0.05, 0.1) is 7.11 Å². The molecular formula is C27H43N3O6. The molecule has 36 heavy (non-hydrogen) atoms. The number of aryl methyl sites for hydroxylation is 1. The average Bonchev–Trinajstić information content (AvgIpc) is 2.83. The normalized spacial score (nSPS) is 13.7. The fraction of sp³-hybridized carbons (Fsp3) is 0.630. The highest BCUT2D eigenvalue weighted by atomic mass is 16.6. The molecule has 0 saturated carbocycles. The van der Waals surface area contributed by atoms with E-state index < -0.39 is 41.6 Å². The molecule has 1 aromatic rings. The highest BCUT2D eigenvalue weighted by molar-refractivity contribution is 5.93. The first-order chi connectivity index (χ1) is 16.9. The molecule has 1 rings (SSSR count). The van der Waals surface area contributed by atoms with Crippen molar-refractivity contribution in [1.82, 2.24) is 15.5 Å². The molecule has 0 aliphatic carbocycles. The van der Waals surface area contributed by atoms with Crippen LogP contribution in [0.25, 0.3) is 0 Å². The maximum Gasteiger partial charge on any atom is 0.408 e. The second-order valence-electron chi connectivity index (χ2n) is 9.83. The Labute approximate surface area is 215 Å². The van der Waals surface area contributed by atoms with Crippen molar-refractivity contribution in [3.8, 4) is 0 Å². The number of methoxy groups -OCH3 is 1. The van der Waals surface area contributed by atoms with Gasteiger partial charge >= 0.3 is 12.1 Å². The monoisotopic (exact) mass is 505 g/mol. The molecule has 9 heteroatoms. The van der Waals surface area contributed by atoms with E-state index in [-0.39, 0.29) is 19.0 Å². The van der Waals surface area contributed by atoms with Crippen LogP contribution in [0.2, 0.25) is 0 Å². The minimum absolute atomic E-state index is 0.217. The van der Waals surface area contributed by atoms with E-state index in [4.69, 9.17) is 4.74 Å². The van der Waals surface area contributed by atoms with Crippen LogP contribution in [0.5, 0.6) is 0 Å². The Morgan fingerprint density at radius 2 is 1.64 bits per heavy atom. The molecule has 2 N–H and O–H groups in total. The third-order valence-corrected chi connectivity index (χ3v) is 5.80. The molecular weight excluding hydrogens is 462 g/mol. The standard InChI is InChI=1S/C27H43N3O6/c1-9-16-30(25(33)22(18(4)10-2)29-26(34)36-27(5,6)7)23(24(32)28-17-21(31)35-8)20-14-12-19(11-3)13-15-20/h12-15,18,22-23H,9-11,16-17H2,1-8H3,(H,28,32)(H,29,34). The number of amides is 3. The summed E-state index contributed by atoms with van der Waals surface area (Å²) in [4.78, 5) is 53.1. The van der Waals surface area contributed by atoms with Gasteiger partial charge in [-0.1, -0.05) is 58.4 Å². The maximum atomic E-state index is 14.0. The van der Waals surface area contributed by atoms with Crippen LogP contribution in [-0.2, 0) is 30.3 Å². The van der Waals surface area contributed by atoms with Crippen LogP contribution in [0, 0.1) is 5.92 Å². The molecule has 0 bridgehead atoms. The van der Waals surface area contributed by atoms with Gasteiger partial charge in [0.15, 0.2) is 0 Å². The van der Waals surface area contributed by atoms with Crippen LogP contribution in [0.1, 0.15) is 78.5 Å². The Bertz CT molecular complexity index is 878. The van der Waals surface area contributed by atoms with Gasteiger partial charge in [0, 0.05) is 6.54 Å². The van der Waals surface area contributed by atoms with E-state index in [2.05, 4.69) is 15.4 Å². The molecule has 0 aromatic heterocycles. The van der Waals surface area contributed by atoms with Gasteiger partial charge in [0.1, 0.15) is 24.2 Å². The lowest BCUT2D eigenvalue weighted by Gasteiger charge is -2.36. The lowest BCUT2D eigenvalue weighted by Crippen LogP contribution is -2.55. The van der Waals surface area contributed by atoms with Gasteiger partial charge in [-0.25, -0.2) is 4.79 Å². The first kappa shape index (κ1) is 30.9. The van der Waals surface area contributed by atoms with E-state index in [1.165, 1.54) is 12.0 Å². The Balaban J connectivity index is 3.45. The molecule has 0 radical (unpaired) electrons. The number of rotatable bonds is 12. The smallest absolute Gasteiger partial charge is 0.408 e. The average molecular weight is 506 g/mol. The van der Waals surface area contributed by atoms with Crippen LogP contribution in [0.4, 0.5) is 4.79 Å². The van der Waals surface area contributed by atoms with Gasteiger partial charge in [-0.3, -0.25) is 14.4 Å². The van der Waals surface area contributed by atoms with Crippen molar-refractivity contribution >= 4 is 23.9 Å². The lowest BCUT2D eigenvalue weighted by molar-refractivity contribution is -0.145. The van der Waals surface area contributed by atoms with E-state index in [9.17, 15) is 19.2 Å². The quantitative estimate of drug-likeness (QED) is 0.418. The number of esters is 1. The van der Waals surface area contributed by atoms with Crippen LogP contribution in [-0.4, -0.2) is 60.6 Å². The zero-order valence-electron chi connectivity index (χ0n) is 23.0. The van der Waals surface area contributed by atoms with Gasteiger partial charge in [-0.15, -0.1) is 0 Å². The Kier molecular flexibility index (Phi) is 12.4. The minimum atomic E-state index is -1.000. The molecule has 0 aliphatic heterocycles. The molecule has 0 saturated heterocycles. The molecule has 0 spiro atoms. The fourth-order valence-electron chi connectivity index (χ4n) is 3.64. The highest BCUT2D eigenvalue weighted by Gasteiger charge is 2.37. The summed E-state index contributed by atoms with van der Waals surface area (Å²) >= 11 is 0. The SMILES string of the molecule is CCCN(C(=O)C(NC(=O)OC(C)(C)C)C(C)CC)C(C(=O)NCC(=O)OC)c1ccc(CC)cc1. The lowest BCUT2D eigenvalue weighted by atomic mass is 9.95. The largest absolute Gasteiger partial charge is 0.468 e. The number of alkyl carbamates (subject to hydrolysis) is 1. The molecule has 9 nitrogen and oxygen atoms in total. The molecule has 3 atom stereocenters. The highest BCUT2D eigenvalue weighted by Crippen LogP contribution is 2.25. The number of carbonyl (C=O) groups is 4. The molecule has 202 valence electrons. The summed E-state index contributed by atoms with van der Waals surface area (Å²) < 4.78 is 10.0. The van der Waals surface area contributed by atoms with Crippen molar-refractivity contribution in [1.29, 1.82) is 0 Å². The van der Waals surface area contributed by atoms with Crippen LogP contribution in [0.3, 0.4) is 0 Å². The first-order valence-corrected chi connectivity index (χ1v) is 12.6. The van der Waals surface area contributed by atoms with E-state index >= 15 is 0 Å². The third-order valence-electron chi connectivity index (χ3n) is 5.80. The summed E-state index contributed by atoms with van der Waals surface area (Å²) in [6.07, 6.45) is 1.33. The summed E-state index contributed by atoms with van der Waals surface area (Å²) in [5, 5.41) is 5.32. The number of benzene rings is 1. The fourth-order valence-corrected chi connectivity index (χ4v) is 3.64. The van der Waals surface area contributed by atoms with Crippen LogP contribution < -0.4 is 10.6 Å². The number of hydrogen-bond acceptors (Lipinski definition) is 6. The van der Waals surface area contributed by atoms with Crippen molar-refractivity contribution in [3.63, 3.8) is 0 Å².